The first-order valence-electron chi connectivity index (χ1n) is 7.95. The Morgan fingerprint density at radius 1 is 1.23 bits per heavy atom. The molecule has 0 radical (unpaired) electrons. The molecule has 0 aliphatic heterocycles. The number of amides is 1. The first-order valence-corrected chi connectivity index (χ1v) is 9.21. The van der Waals surface area contributed by atoms with Crippen LogP contribution >= 0.6 is 22.9 Å². The van der Waals surface area contributed by atoms with Gasteiger partial charge >= 0.3 is 5.97 Å². The van der Waals surface area contributed by atoms with Crippen molar-refractivity contribution in [2.45, 2.75) is 19.8 Å². The lowest BCUT2D eigenvalue weighted by atomic mass is 10.1. The fraction of sp³-hybridized carbons (Fsp3) is 0.158. The third-order valence-electron chi connectivity index (χ3n) is 4.13. The quantitative estimate of drug-likeness (QED) is 0.660. The first-order chi connectivity index (χ1) is 12.4. The van der Waals surface area contributed by atoms with E-state index in [9.17, 15) is 9.59 Å². The molecule has 0 bridgehead atoms. The number of carboxylic acid groups (broad SMARTS) is 1. The molecule has 1 amide bonds. The minimum Gasteiger partial charge on any atom is -0.481 e. The van der Waals surface area contributed by atoms with E-state index in [1.54, 1.807) is 12.1 Å². The number of thiophene rings is 1. The number of nitrogens with two attached hydrogens (primary N) is 1. The average molecular weight is 389 g/mol. The number of primary amides is 1. The van der Waals surface area contributed by atoms with E-state index in [0.717, 1.165) is 27.5 Å². The number of rotatable bonds is 6. The lowest BCUT2D eigenvalue weighted by molar-refractivity contribution is -0.136. The van der Waals surface area contributed by atoms with Crippen LogP contribution in [0.5, 0.6) is 0 Å². The van der Waals surface area contributed by atoms with E-state index in [4.69, 9.17) is 22.4 Å². The van der Waals surface area contributed by atoms with Crippen LogP contribution in [0.15, 0.2) is 41.8 Å². The highest BCUT2D eigenvalue weighted by molar-refractivity contribution is 7.14. The van der Waals surface area contributed by atoms with Gasteiger partial charge in [-0.25, -0.2) is 0 Å². The number of aromatic nitrogens is 1. The summed E-state index contributed by atoms with van der Waals surface area (Å²) in [7, 11) is 0. The van der Waals surface area contributed by atoms with Gasteiger partial charge in [-0.3, -0.25) is 9.59 Å². The summed E-state index contributed by atoms with van der Waals surface area (Å²) < 4.78 is 2.00. The topological polar surface area (TPSA) is 85.3 Å². The van der Waals surface area contributed by atoms with Gasteiger partial charge in [0.2, 0.25) is 5.91 Å². The zero-order valence-electron chi connectivity index (χ0n) is 14.0. The summed E-state index contributed by atoms with van der Waals surface area (Å²) in [5.74, 6) is -1.34. The Morgan fingerprint density at radius 2 is 2.00 bits per heavy atom. The van der Waals surface area contributed by atoms with Gasteiger partial charge in [0, 0.05) is 16.9 Å². The van der Waals surface area contributed by atoms with Gasteiger partial charge in [0.25, 0.3) is 0 Å². The predicted molar refractivity (Wildman–Crippen MR) is 103 cm³/mol. The third kappa shape index (κ3) is 3.52. The standard InChI is InChI=1S/C19H17ClN2O3S/c1-11-10-12(19(21)25)2-5-15(11)22-13(4-7-17(23)24)3-6-16(22)18-14(20)8-9-26-18/h2-3,5-6,8-10H,4,7H2,1H3,(H2,21,25)(H,23,24). The van der Waals surface area contributed by atoms with E-state index in [-0.39, 0.29) is 6.42 Å². The molecule has 2 aromatic heterocycles. The van der Waals surface area contributed by atoms with Crippen molar-refractivity contribution in [1.82, 2.24) is 4.57 Å². The molecule has 7 heteroatoms. The van der Waals surface area contributed by atoms with Crippen molar-refractivity contribution < 1.29 is 14.7 Å². The van der Waals surface area contributed by atoms with Crippen molar-refractivity contribution in [1.29, 1.82) is 0 Å². The molecule has 0 saturated heterocycles. The van der Waals surface area contributed by atoms with Gasteiger partial charge in [-0.15, -0.1) is 11.3 Å². The number of hydrogen-bond acceptors (Lipinski definition) is 3. The minimum absolute atomic E-state index is 0.0278. The zero-order valence-corrected chi connectivity index (χ0v) is 15.6. The molecular weight excluding hydrogens is 372 g/mol. The van der Waals surface area contributed by atoms with Crippen LogP contribution in [-0.2, 0) is 11.2 Å². The molecular formula is C19H17ClN2O3S. The Labute approximate surface area is 159 Å². The van der Waals surface area contributed by atoms with Gasteiger partial charge in [-0.2, -0.15) is 0 Å². The van der Waals surface area contributed by atoms with Crippen molar-refractivity contribution in [3.05, 3.63) is 63.6 Å². The maximum atomic E-state index is 11.4. The van der Waals surface area contributed by atoms with Crippen molar-refractivity contribution in [2.75, 3.05) is 0 Å². The fourth-order valence-electron chi connectivity index (χ4n) is 2.91. The van der Waals surface area contributed by atoms with E-state index >= 15 is 0 Å². The van der Waals surface area contributed by atoms with Crippen molar-refractivity contribution in [2.24, 2.45) is 5.73 Å². The van der Waals surface area contributed by atoms with Gasteiger partial charge in [0.15, 0.2) is 0 Å². The Kier molecular flexibility index (Phi) is 5.15. The van der Waals surface area contributed by atoms with Crippen LogP contribution in [-0.4, -0.2) is 21.6 Å². The normalized spacial score (nSPS) is 10.8. The zero-order chi connectivity index (χ0) is 18.8. The highest BCUT2D eigenvalue weighted by Gasteiger charge is 2.18. The number of carboxylic acids is 1. The second-order valence-corrected chi connectivity index (χ2v) is 7.23. The van der Waals surface area contributed by atoms with Crippen molar-refractivity contribution in [3.8, 4) is 16.3 Å². The van der Waals surface area contributed by atoms with E-state index in [1.165, 1.54) is 11.3 Å². The Morgan fingerprint density at radius 3 is 2.58 bits per heavy atom. The average Bonchev–Trinajstić information content (AvgIpc) is 3.18. The number of nitrogens with zero attached hydrogens (tertiary/aromatic N) is 1. The molecule has 0 aliphatic rings. The first kappa shape index (κ1) is 18.2. The Hall–Kier alpha value is -2.57. The number of carbonyl (C=O) groups is 2. The van der Waals surface area contributed by atoms with E-state index < -0.39 is 11.9 Å². The molecule has 0 saturated carbocycles. The minimum atomic E-state index is -0.853. The van der Waals surface area contributed by atoms with Gasteiger partial charge in [-0.1, -0.05) is 11.6 Å². The summed E-state index contributed by atoms with van der Waals surface area (Å²) in [6.45, 7) is 1.89. The molecule has 0 unspecified atom stereocenters. The van der Waals surface area contributed by atoms with Crippen LogP contribution in [0.3, 0.4) is 0 Å². The third-order valence-corrected chi connectivity index (χ3v) is 5.49. The van der Waals surface area contributed by atoms with E-state index in [2.05, 4.69) is 0 Å². The molecule has 0 fully saturated rings. The van der Waals surface area contributed by atoms with E-state index in [0.29, 0.717) is 17.0 Å². The molecule has 2 heterocycles. The number of aliphatic carboxylic acids is 1. The molecule has 0 atom stereocenters. The maximum Gasteiger partial charge on any atom is 0.303 e. The van der Waals surface area contributed by atoms with E-state index in [1.807, 2.05) is 41.1 Å². The summed E-state index contributed by atoms with van der Waals surface area (Å²) >= 11 is 7.84. The lowest BCUT2D eigenvalue weighted by Crippen LogP contribution is -2.12. The molecule has 5 nitrogen and oxygen atoms in total. The highest BCUT2D eigenvalue weighted by atomic mass is 35.5. The monoisotopic (exact) mass is 388 g/mol. The second-order valence-electron chi connectivity index (χ2n) is 5.90. The van der Waals surface area contributed by atoms with Gasteiger partial charge in [0.05, 0.1) is 22.0 Å². The van der Waals surface area contributed by atoms with Crippen molar-refractivity contribution >= 4 is 34.8 Å². The Balaban J connectivity index is 2.17. The maximum absolute atomic E-state index is 11.4. The second kappa shape index (κ2) is 7.35. The van der Waals surface area contributed by atoms with Crippen LogP contribution in [0.25, 0.3) is 16.3 Å². The summed E-state index contributed by atoms with van der Waals surface area (Å²) in [6, 6.07) is 10.9. The van der Waals surface area contributed by atoms with Crippen LogP contribution in [0.1, 0.15) is 28.0 Å². The summed E-state index contributed by atoms with van der Waals surface area (Å²) in [4.78, 5) is 23.4. The number of benzene rings is 1. The molecule has 1 aromatic carbocycles. The number of halogens is 1. The SMILES string of the molecule is Cc1cc(C(N)=O)ccc1-n1c(CCC(=O)O)ccc1-c1sccc1Cl. The number of aryl methyl sites for hydroxylation is 2. The Bertz CT molecular complexity index is 991. The van der Waals surface area contributed by atoms with Crippen LogP contribution in [0, 0.1) is 6.92 Å². The summed E-state index contributed by atoms with van der Waals surface area (Å²) in [5.41, 5.74) is 9.27. The smallest absolute Gasteiger partial charge is 0.303 e. The molecule has 0 aliphatic carbocycles. The molecule has 3 aromatic rings. The molecule has 3 rings (SSSR count). The van der Waals surface area contributed by atoms with Crippen LogP contribution < -0.4 is 5.73 Å². The van der Waals surface area contributed by atoms with Crippen molar-refractivity contribution in [3.63, 3.8) is 0 Å². The summed E-state index contributed by atoms with van der Waals surface area (Å²) in [6.07, 6.45) is 0.412. The predicted octanol–water partition coefficient (Wildman–Crippen LogP) is 4.28. The molecule has 134 valence electrons. The van der Waals surface area contributed by atoms with Gasteiger partial charge < -0.3 is 15.4 Å². The number of hydrogen-bond donors (Lipinski definition) is 2. The molecule has 0 spiro atoms. The fourth-order valence-corrected chi connectivity index (χ4v) is 4.08. The van der Waals surface area contributed by atoms with Crippen LogP contribution in [0.4, 0.5) is 0 Å². The number of carbonyl (C=O) groups excluding carboxylic acids is 1. The lowest BCUT2D eigenvalue weighted by Gasteiger charge is -2.16. The summed E-state index contributed by atoms with van der Waals surface area (Å²) in [5, 5.41) is 11.6. The van der Waals surface area contributed by atoms with Gasteiger partial charge in [-0.05, 0) is 60.7 Å². The largest absolute Gasteiger partial charge is 0.481 e. The molecule has 26 heavy (non-hydrogen) atoms. The van der Waals surface area contributed by atoms with Gasteiger partial charge in [0.1, 0.15) is 0 Å². The molecule has 3 N–H and O–H groups in total. The highest BCUT2D eigenvalue weighted by Crippen LogP contribution is 2.37. The van der Waals surface area contributed by atoms with Crippen LogP contribution in [0.2, 0.25) is 5.02 Å².